The molecule has 1 aromatic heterocycles. The lowest BCUT2D eigenvalue weighted by Gasteiger charge is -2.42. The number of carbonyl (C=O) groups is 2. The van der Waals surface area contributed by atoms with Gasteiger partial charge >= 0.3 is 6.03 Å². The molecular formula is C37H44N4O4. The molecule has 0 radical (unpaired) electrons. The van der Waals surface area contributed by atoms with Crippen LogP contribution in [-0.2, 0) is 20.7 Å². The Labute approximate surface area is 265 Å². The summed E-state index contributed by atoms with van der Waals surface area (Å²) in [6, 6.07) is 27.0. The predicted molar refractivity (Wildman–Crippen MR) is 175 cm³/mol. The quantitative estimate of drug-likeness (QED) is 0.170. The zero-order valence-electron chi connectivity index (χ0n) is 26.3. The molecule has 4 atom stereocenters. The number of hydrogen-bond donors (Lipinski definition) is 4. The molecule has 1 aliphatic heterocycles. The van der Waals surface area contributed by atoms with Crippen LogP contribution in [0.1, 0.15) is 75.3 Å². The van der Waals surface area contributed by atoms with E-state index < -0.39 is 23.5 Å². The Kier molecular flexibility index (Phi) is 8.97. The largest absolute Gasteiger partial charge is 0.361 e. The molecule has 4 unspecified atom stereocenters. The second kappa shape index (κ2) is 13.1. The number of carbonyl (C=O) groups excluding carboxylic acids is 2. The van der Waals surface area contributed by atoms with E-state index in [4.69, 9.17) is 9.47 Å². The second-order valence-corrected chi connectivity index (χ2v) is 13.1. The van der Waals surface area contributed by atoms with Gasteiger partial charge in [0.05, 0.1) is 18.7 Å². The van der Waals surface area contributed by atoms with E-state index in [1.54, 1.807) is 6.92 Å². The fourth-order valence-electron chi connectivity index (χ4n) is 6.88. The van der Waals surface area contributed by atoms with E-state index in [1.807, 2.05) is 92.8 Å². The zero-order valence-corrected chi connectivity index (χ0v) is 26.3. The first-order chi connectivity index (χ1) is 21.7. The molecular weight excluding hydrogens is 564 g/mol. The third-order valence-electron chi connectivity index (χ3n) is 9.26. The molecule has 2 heterocycles. The lowest BCUT2D eigenvalue weighted by Crippen LogP contribution is -2.63. The first kappa shape index (κ1) is 30.9. The number of H-pyrrole nitrogens is 1. The number of fused-ring (bicyclic) bond motifs is 1. The van der Waals surface area contributed by atoms with Crippen molar-refractivity contribution in [1.29, 1.82) is 0 Å². The van der Waals surface area contributed by atoms with Crippen molar-refractivity contribution in [3.8, 4) is 0 Å². The van der Waals surface area contributed by atoms with E-state index in [9.17, 15) is 9.59 Å². The van der Waals surface area contributed by atoms with Gasteiger partial charge in [-0.3, -0.25) is 4.79 Å². The third kappa shape index (κ3) is 7.08. The number of benzene rings is 3. The smallest absolute Gasteiger partial charge is 0.316 e. The van der Waals surface area contributed by atoms with E-state index in [-0.39, 0.29) is 31.0 Å². The highest BCUT2D eigenvalue weighted by molar-refractivity contribution is 5.92. The van der Waals surface area contributed by atoms with Gasteiger partial charge in [0, 0.05) is 23.5 Å². The molecule has 0 spiro atoms. The summed E-state index contributed by atoms with van der Waals surface area (Å²) in [7, 11) is 0. The van der Waals surface area contributed by atoms with Crippen molar-refractivity contribution in [2.45, 2.75) is 82.4 Å². The average Bonchev–Trinajstić information content (AvgIpc) is 3.72. The number of nitrogens with one attached hydrogen (secondary N) is 4. The van der Waals surface area contributed by atoms with Gasteiger partial charge in [0.1, 0.15) is 11.6 Å². The summed E-state index contributed by atoms with van der Waals surface area (Å²) in [6.45, 7) is 5.82. The maximum absolute atomic E-state index is 14.4. The van der Waals surface area contributed by atoms with Crippen molar-refractivity contribution >= 4 is 22.8 Å². The van der Waals surface area contributed by atoms with Gasteiger partial charge < -0.3 is 30.4 Å². The highest BCUT2D eigenvalue weighted by Crippen LogP contribution is 2.36. The number of amides is 3. The summed E-state index contributed by atoms with van der Waals surface area (Å²) in [5, 5.41) is 10.6. The minimum atomic E-state index is -1.29. The fraction of sp³-hybridized carbons (Fsp3) is 0.405. The molecule has 3 amide bonds. The average molecular weight is 609 g/mol. The van der Waals surface area contributed by atoms with Gasteiger partial charge in [-0.25, -0.2) is 4.79 Å². The van der Waals surface area contributed by atoms with Gasteiger partial charge in [-0.05, 0) is 62.3 Å². The van der Waals surface area contributed by atoms with Crippen molar-refractivity contribution in [3.63, 3.8) is 0 Å². The van der Waals surface area contributed by atoms with Crippen LogP contribution in [0.25, 0.3) is 10.9 Å². The summed E-state index contributed by atoms with van der Waals surface area (Å²) < 4.78 is 12.4. The first-order valence-electron chi connectivity index (χ1n) is 16.1. The summed E-state index contributed by atoms with van der Waals surface area (Å²) in [5.41, 5.74) is 2.65. The van der Waals surface area contributed by atoms with Crippen molar-refractivity contribution < 1.29 is 19.1 Å². The van der Waals surface area contributed by atoms with Crippen LogP contribution in [0.2, 0.25) is 0 Å². The third-order valence-corrected chi connectivity index (χ3v) is 9.26. The summed E-state index contributed by atoms with van der Waals surface area (Å²) in [6.07, 6.45) is 6.22. The van der Waals surface area contributed by atoms with E-state index in [0.29, 0.717) is 5.92 Å². The Morgan fingerprint density at radius 1 is 0.956 bits per heavy atom. The van der Waals surface area contributed by atoms with Crippen molar-refractivity contribution in [2.24, 2.45) is 5.92 Å². The number of hydrogen-bond acceptors (Lipinski definition) is 4. The van der Waals surface area contributed by atoms with E-state index in [1.165, 1.54) is 0 Å². The molecule has 1 saturated carbocycles. The molecule has 4 aromatic rings. The van der Waals surface area contributed by atoms with Crippen LogP contribution in [0.4, 0.5) is 4.79 Å². The van der Waals surface area contributed by atoms with Crippen molar-refractivity contribution in [3.05, 3.63) is 108 Å². The molecule has 236 valence electrons. The molecule has 2 fully saturated rings. The maximum Gasteiger partial charge on any atom is 0.316 e. The Bertz CT molecular complexity index is 1600. The lowest BCUT2D eigenvalue weighted by molar-refractivity contribution is -0.285. The molecule has 0 bridgehead atoms. The SMILES string of the molecule is CC1(C)OCC(NC(=O)C(C)(Cc2c[nH]c3ccccc23)NC(=O)NC(c2ccccc2)C2CCCC2)C(c2ccccc2)O1. The molecule has 4 N–H and O–H groups in total. The van der Waals surface area contributed by atoms with Gasteiger partial charge in [0.15, 0.2) is 5.79 Å². The Morgan fingerprint density at radius 2 is 1.62 bits per heavy atom. The Hall–Kier alpha value is -4.14. The van der Waals surface area contributed by atoms with Crippen LogP contribution >= 0.6 is 0 Å². The van der Waals surface area contributed by atoms with Crippen LogP contribution < -0.4 is 16.0 Å². The molecule has 6 rings (SSSR count). The zero-order chi connectivity index (χ0) is 31.4. The van der Waals surface area contributed by atoms with Gasteiger partial charge in [-0.1, -0.05) is 91.7 Å². The number of urea groups is 1. The van der Waals surface area contributed by atoms with Crippen LogP contribution in [0.3, 0.4) is 0 Å². The van der Waals surface area contributed by atoms with Gasteiger partial charge in [-0.15, -0.1) is 0 Å². The minimum absolute atomic E-state index is 0.140. The van der Waals surface area contributed by atoms with E-state index >= 15 is 0 Å². The topological polar surface area (TPSA) is 104 Å². The highest BCUT2D eigenvalue weighted by Gasteiger charge is 2.43. The van der Waals surface area contributed by atoms with Crippen LogP contribution in [0.15, 0.2) is 91.1 Å². The van der Waals surface area contributed by atoms with Gasteiger partial charge in [0.2, 0.25) is 5.91 Å². The van der Waals surface area contributed by atoms with E-state index in [2.05, 4.69) is 33.1 Å². The molecule has 45 heavy (non-hydrogen) atoms. The fourth-order valence-corrected chi connectivity index (χ4v) is 6.88. The summed E-state index contributed by atoms with van der Waals surface area (Å²) in [4.78, 5) is 31.6. The molecule has 1 aliphatic carbocycles. The minimum Gasteiger partial charge on any atom is -0.361 e. The summed E-state index contributed by atoms with van der Waals surface area (Å²) in [5.74, 6) is -0.767. The second-order valence-electron chi connectivity index (χ2n) is 13.1. The lowest BCUT2D eigenvalue weighted by atomic mass is 9.90. The molecule has 8 heteroatoms. The first-order valence-corrected chi connectivity index (χ1v) is 16.1. The highest BCUT2D eigenvalue weighted by atomic mass is 16.7. The maximum atomic E-state index is 14.4. The monoisotopic (exact) mass is 608 g/mol. The number of para-hydroxylation sites is 1. The molecule has 2 aliphatic rings. The van der Waals surface area contributed by atoms with Crippen LogP contribution in [0.5, 0.6) is 0 Å². The normalized spacial score (nSPS) is 21.9. The number of aromatic nitrogens is 1. The molecule has 8 nitrogen and oxygen atoms in total. The number of aromatic amines is 1. The molecule has 1 saturated heterocycles. The Morgan fingerprint density at radius 3 is 2.36 bits per heavy atom. The number of ether oxygens (including phenoxy) is 2. The van der Waals surface area contributed by atoms with Gasteiger partial charge in [-0.2, -0.15) is 0 Å². The standard InChI is InChI=1S/C37H44N4O4/c1-36(2)44-24-31(33(45-36)27-18-8-5-9-19-27)39-34(42)37(3,22-28-23-38-30-21-13-12-20-29(28)30)41-35(43)40-32(26-16-10-11-17-26)25-14-6-4-7-15-25/h4-9,12-15,18-21,23,26,31-33,38H,10-11,16-17,22,24H2,1-3H3,(H,39,42)(H2,40,41,43). The summed E-state index contributed by atoms with van der Waals surface area (Å²) >= 11 is 0. The predicted octanol–water partition coefficient (Wildman–Crippen LogP) is 6.71. The van der Waals surface area contributed by atoms with Crippen molar-refractivity contribution in [1.82, 2.24) is 20.9 Å². The van der Waals surface area contributed by atoms with E-state index in [0.717, 1.165) is 53.3 Å². The Balaban J connectivity index is 1.28. The van der Waals surface area contributed by atoms with Crippen LogP contribution in [0, 0.1) is 5.92 Å². The number of rotatable bonds is 9. The van der Waals surface area contributed by atoms with Crippen molar-refractivity contribution in [2.75, 3.05) is 6.61 Å². The van der Waals surface area contributed by atoms with Crippen LogP contribution in [-0.4, -0.2) is 40.9 Å². The van der Waals surface area contributed by atoms with Gasteiger partial charge in [0.25, 0.3) is 0 Å². The molecule has 3 aromatic carbocycles.